The first kappa shape index (κ1) is 21.6. The Morgan fingerprint density at radius 3 is 2.43 bits per heavy atom. The van der Waals surface area contributed by atoms with E-state index in [9.17, 15) is 9.90 Å². The number of unbranched alkanes of at least 4 members (excludes halogenated alkanes) is 2. The number of phenolic OH excluding ortho intramolecular Hbond substituents is 1. The number of rotatable bonds is 8. The second kappa shape index (κ2) is 8.69. The Balaban J connectivity index is 2.19. The predicted molar refractivity (Wildman–Crippen MR) is 121 cm³/mol. The van der Waals surface area contributed by atoms with Gasteiger partial charge < -0.3 is 10.4 Å². The van der Waals surface area contributed by atoms with Gasteiger partial charge in [0.1, 0.15) is 16.7 Å². The van der Waals surface area contributed by atoms with E-state index in [-0.39, 0.29) is 17.1 Å². The van der Waals surface area contributed by atoms with E-state index in [1.165, 1.54) is 17.3 Å². The summed E-state index contributed by atoms with van der Waals surface area (Å²) >= 11 is 0. The van der Waals surface area contributed by atoms with Crippen molar-refractivity contribution in [3.05, 3.63) is 54.1 Å². The van der Waals surface area contributed by atoms with E-state index in [0.29, 0.717) is 11.4 Å². The van der Waals surface area contributed by atoms with Crippen LogP contribution in [-0.2, 0) is 10.2 Å². The minimum atomic E-state index is -0.376. The monoisotopic (exact) mass is 406 g/mol. The van der Waals surface area contributed by atoms with Crippen LogP contribution < -0.4 is 5.32 Å². The van der Waals surface area contributed by atoms with Crippen molar-refractivity contribution in [3.8, 4) is 11.4 Å². The highest BCUT2D eigenvalue weighted by Gasteiger charge is 2.28. The number of amides is 1. The second-order valence-electron chi connectivity index (χ2n) is 8.30. The average molecular weight is 407 g/mol. The smallest absolute Gasteiger partial charge is 0.247 e. The SMILES string of the molecule is C=CC(=O)Nc1c(C)c(C(C)(C)CCCCC)cc(-n2nc3ccccc3n2)c1O. The summed E-state index contributed by atoms with van der Waals surface area (Å²) in [6, 6.07) is 9.49. The molecule has 0 spiro atoms. The molecule has 1 heterocycles. The first-order valence-corrected chi connectivity index (χ1v) is 10.4. The molecule has 158 valence electrons. The minimum absolute atomic E-state index is 0.0592. The van der Waals surface area contributed by atoms with Gasteiger partial charge >= 0.3 is 0 Å². The van der Waals surface area contributed by atoms with E-state index in [4.69, 9.17) is 0 Å². The van der Waals surface area contributed by atoms with Crippen molar-refractivity contribution >= 4 is 22.6 Å². The summed E-state index contributed by atoms with van der Waals surface area (Å²) in [7, 11) is 0. The molecule has 6 nitrogen and oxygen atoms in total. The molecule has 6 heteroatoms. The maximum Gasteiger partial charge on any atom is 0.247 e. The maximum atomic E-state index is 12.1. The summed E-state index contributed by atoms with van der Waals surface area (Å²) in [5.74, 6) is -0.435. The molecule has 0 aliphatic carbocycles. The Morgan fingerprint density at radius 1 is 1.23 bits per heavy atom. The lowest BCUT2D eigenvalue weighted by Gasteiger charge is -2.29. The number of nitrogens with zero attached hydrogens (tertiary/aromatic N) is 3. The molecule has 0 saturated heterocycles. The molecule has 0 unspecified atom stereocenters. The highest BCUT2D eigenvalue weighted by Crippen LogP contribution is 2.42. The summed E-state index contributed by atoms with van der Waals surface area (Å²) in [6.45, 7) is 12.0. The Kier molecular flexibility index (Phi) is 6.25. The third kappa shape index (κ3) is 4.22. The van der Waals surface area contributed by atoms with Crippen molar-refractivity contribution in [3.63, 3.8) is 0 Å². The lowest BCUT2D eigenvalue weighted by atomic mass is 9.77. The predicted octanol–water partition coefficient (Wildman–Crippen LogP) is 5.42. The Morgan fingerprint density at radius 2 is 1.87 bits per heavy atom. The number of phenols is 1. The molecule has 30 heavy (non-hydrogen) atoms. The van der Waals surface area contributed by atoms with Gasteiger partial charge in [0.05, 0.1) is 5.69 Å². The molecule has 0 aliphatic heterocycles. The number of benzene rings is 2. The van der Waals surface area contributed by atoms with Gasteiger partial charge in [0, 0.05) is 0 Å². The zero-order valence-corrected chi connectivity index (χ0v) is 18.2. The first-order chi connectivity index (χ1) is 14.3. The largest absolute Gasteiger partial charge is 0.504 e. The number of hydrogen-bond acceptors (Lipinski definition) is 4. The second-order valence-corrected chi connectivity index (χ2v) is 8.30. The van der Waals surface area contributed by atoms with E-state index in [1.807, 2.05) is 37.3 Å². The number of carbonyl (C=O) groups excluding carboxylic acids is 1. The lowest BCUT2D eigenvalue weighted by Crippen LogP contribution is -2.21. The molecule has 2 aromatic carbocycles. The Hall–Kier alpha value is -3.15. The van der Waals surface area contributed by atoms with Crippen LogP contribution in [-0.4, -0.2) is 26.0 Å². The van der Waals surface area contributed by atoms with Gasteiger partial charge in [-0.25, -0.2) is 0 Å². The molecule has 0 atom stereocenters. The van der Waals surface area contributed by atoms with Crippen LogP contribution in [0.3, 0.4) is 0 Å². The van der Waals surface area contributed by atoms with Crippen LogP contribution in [0.1, 0.15) is 57.6 Å². The van der Waals surface area contributed by atoms with Gasteiger partial charge in [-0.2, -0.15) is 0 Å². The van der Waals surface area contributed by atoms with Crippen LogP contribution in [0, 0.1) is 6.92 Å². The molecule has 0 aliphatic rings. The van der Waals surface area contributed by atoms with E-state index in [0.717, 1.165) is 41.4 Å². The van der Waals surface area contributed by atoms with Crippen molar-refractivity contribution in [2.24, 2.45) is 0 Å². The Bertz CT molecular complexity index is 1050. The molecule has 0 saturated carbocycles. The summed E-state index contributed by atoms with van der Waals surface area (Å²) in [5.41, 5.74) is 4.02. The molecule has 1 aromatic heterocycles. The summed E-state index contributed by atoms with van der Waals surface area (Å²) in [6.07, 6.45) is 5.62. The summed E-state index contributed by atoms with van der Waals surface area (Å²) < 4.78 is 0. The number of carbonyl (C=O) groups is 1. The highest BCUT2D eigenvalue weighted by atomic mass is 16.3. The van der Waals surface area contributed by atoms with Crippen LogP contribution in [0.25, 0.3) is 16.7 Å². The van der Waals surface area contributed by atoms with Crippen molar-refractivity contribution < 1.29 is 9.90 Å². The van der Waals surface area contributed by atoms with Gasteiger partial charge in [-0.15, -0.1) is 15.0 Å². The fourth-order valence-corrected chi connectivity index (χ4v) is 3.86. The van der Waals surface area contributed by atoms with Gasteiger partial charge in [0.25, 0.3) is 0 Å². The van der Waals surface area contributed by atoms with Crippen LogP contribution >= 0.6 is 0 Å². The fraction of sp³-hybridized carbons (Fsp3) is 0.375. The zero-order valence-electron chi connectivity index (χ0n) is 18.2. The molecule has 0 bridgehead atoms. The van der Waals surface area contributed by atoms with Crippen LogP contribution in [0.2, 0.25) is 0 Å². The molecule has 1 amide bonds. The third-order valence-corrected chi connectivity index (χ3v) is 5.61. The zero-order chi connectivity index (χ0) is 21.9. The fourth-order valence-electron chi connectivity index (χ4n) is 3.86. The van der Waals surface area contributed by atoms with E-state index < -0.39 is 0 Å². The van der Waals surface area contributed by atoms with E-state index >= 15 is 0 Å². The van der Waals surface area contributed by atoms with Gasteiger partial charge in [0.15, 0.2) is 5.75 Å². The third-order valence-electron chi connectivity index (χ3n) is 5.61. The van der Waals surface area contributed by atoms with Gasteiger partial charge in [-0.05, 0) is 54.2 Å². The lowest BCUT2D eigenvalue weighted by molar-refractivity contribution is -0.111. The van der Waals surface area contributed by atoms with Crippen molar-refractivity contribution in [1.82, 2.24) is 15.0 Å². The van der Waals surface area contributed by atoms with Gasteiger partial charge in [-0.1, -0.05) is 58.7 Å². The summed E-state index contributed by atoms with van der Waals surface area (Å²) in [5, 5.41) is 22.9. The molecule has 2 N–H and O–H groups in total. The number of fused-ring (bicyclic) bond motifs is 1. The molecule has 0 radical (unpaired) electrons. The quantitative estimate of drug-likeness (QED) is 0.297. The standard InChI is InChI=1S/C24H30N4O2/c1-6-8-11-14-24(4,5)17-15-20(23(30)22(16(17)3)25-21(29)7-2)28-26-18-12-9-10-13-19(18)27-28/h7,9-10,12-13,15,30H,2,6,8,11,14H2,1,3-5H3,(H,25,29). The minimum Gasteiger partial charge on any atom is -0.504 e. The molecule has 3 aromatic rings. The normalized spacial score (nSPS) is 11.6. The van der Waals surface area contributed by atoms with Crippen LogP contribution in [0.15, 0.2) is 43.0 Å². The van der Waals surface area contributed by atoms with E-state index in [1.54, 1.807) is 0 Å². The molecular weight excluding hydrogens is 376 g/mol. The number of anilines is 1. The average Bonchev–Trinajstić information content (AvgIpc) is 3.14. The Labute approximate surface area is 177 Å². The van der Waals surface area contributed by atoms with Crippen LogP contribution in [0.4, 0.5) is 5.69 Å². The molecule has 0 fully saturated rings. The molecular formula is C24H30N4O2. The van der Waals surface area contributed by atoms with E-state index in [2.05, 4.69) is 42.9 Å². The number of nitrogens with one attached hydrogen (secondary N) is 1. The number of aromatic hydroxyl groups is 1. The first-order valence-electron chi connectivity index (χ1n) is 10.4. The summed E-state index contributed by atoms with van der Waals surface area (Å²) in [4.78, 5) is 13.5. The molecule has 3 rings (SSSR count). The highest BCUT2D eigenvalue weighted by molar-refractivity contribution is 6.01. The number of aromatic nitrogens is 3. The number of hydrogen-bond donors (Lipinski definition) is 2. The van der Waals surface area contributed by atoms with Crippen LogP contribution in [0.5, 0.6) is 5.75 Å². The van der Waals surface area contributed by atoms with Crippen molar-refractivity contribution in [2.45, 2.75) is 58.8 Å². The topological polar surface area (TPSA) is 80.0 Å². The van der Waals surface area contributed by atoms with Gasteiger partial charge in [0.2, 0.25) is 5.91 Å². The van der Waals surface area contributed by atoms with Crippen molar-refractivity contribution in [2.75, 3.05) is 5.32 Å². The van der Waals surface area contributed by atoms with Gasteiger partial charge in [-0.3, -0.25) is 4.79 Å². The van der Waals surface area contributed by atoms with Crippen molar-refractivity contribution in [1.29, 1.82) is 0 Å². The maximum absolute atomic E-state index is 12.1.